The SMILES string of the molecule is CC1=CC(C)(C)Nc2nonc2N1. The van der Waals surface area contributed by atoms with E-state index in [2.05, 4.69) is 45.5 Å². The van der Waals surface area contributed by atoms with Crippen LogP contribution in [0.4, 0.5) is 11.6 Å². The predicted octanol–water partition coefficient (Wildman–Crippen LogP) is 1.59. The molecule has 1 aromatic heterocycles. The third-order valence-corrected chi connectivity index (χ3v) is 1.82. The van der Waals surface area contributed by atoms with E-state index in [1.807, 2.05) is 6.92 Å². The maximum atomic E-state index is 4.61. The van der Waals surface area contributed by atoms with Gasteiger partial charge >= 0.3 is 0 Å². The van der Waals surface area contributed by atoms with Crippen LogP contribution in [0.1, 0.15) is 20.8 Å². The molecule has 0 spiro atoms. The Morgan fingerprint density at radius 3 is 2.77 bits per heavy atom. The highest BCUT2D eigenvalue weighted by Crippen LogP contribution is 2.26. The number of nitrogens with one attached hydrogen (secondary N) is 2. The van der Waals surface area contributed by atoms with Crippen molar-refractivity contribution in [1.82, 2.24) is 10.3 Å². The Hall–Kier alpha value is -1.52. The van der Waals surface area contributed by atoms with Crippen molar-refractivity contribution >= 4 is 11.6 Å². The Labute approximate surface area is 76.2 Å². The van der Waals surface area contributed by atoms with Gasteiger partial charge in [-0.2, -0.15) is 0 Å². The zero-order valence-corrected chi connectivity index (χ0v) is 7.88. The van der Waals surface area contributed by atoms with Crippen LogP contribution in [0.25, 0.3) is 0 Å². The van der Waals surface area contributed by atoms with Gasteiger partial charge in [0.15, 0.2) is 0 Å². The largest absolute Gasteiger partial charge is 0.356 e. The summed E-state index contributed by atoms with van der Waals surface area (Å²) in [6.45, 7) is 6.09. The highest BCUT2D eigenvalue weighted by atomic mass is 16.6. The first-order chi connectivity index (χ1) is 6.07. The molecule has 0 atom stereocenters. The zero-order chi connectivity index (χ0) is 9.47. The van der Waals surface area contributed by atoms with Gasteiger partial charge in [0.25, 0.3) is 0 Å². The molecule has 70 valence electrons. The van der Waals surface area contributed by atoms with E-state index in [9.17, 15) is 0 Å². The Bertz CT molecular complexity index is 353. The molecule has 1 aromatic rings. The van der Waals surface area contributed by atoms with Gasteiger partial charge < -0.3 is 10.6 Å². The Balaban J connectivity index is 2.43. The van der Waals surface area contributed by atoms with Crippen LogP contribution in [0.5, 0.6) is 0 Å². The number of allylic oxidation sites excluding steroid dienone is 1. The minimum absolute atomic E-state index is 0.138. The predicted molar refractivity (Wildman–Crippen MR) is 49.4 cm³/mol. The highest BCUT2D eigenvalue weighted by Gasteiger charge is 2.23. The first kappa shape index (κ1) is 8.10. The number of nitrogens with zero attached hydrogens (tertiary/aromatic N) is 2. The lowest BCUT2D eigenvalue weighted by Crippen LogP contribution is -2.27. The minimum atomic E-state index is -0.138. The number of fused-ring (bicyclic) bond motifs is 1. The molecule has 5 heteroatoms. The summed E-state index contributed by atoms with van der Waals surface area (Å²) in [5.74, 6) is 1.29. The van der Waals surface area contributed by atoms with Crippen molar-refractivity contribution in [1.29, 1.82) is 0 Å². The highest BCUT2D eigenvalue weighted by molar-refractivity contribution is 5.63. The second-order valence-corrected chi connectivity index (χ2v) is 3.76. The van der Waals surface area contributed by atoms with Crippen LogP contribution in [0.3, 0.4) is 0 Å². The third kappa shape index (κ3) is 1.49. The number of aromatic nitrogens is 2. The molecule has 0 aromatic carbocycles. The molecule has 2 heterocycles. The van der Waals surface area contributed by atoms with Crippen molar-refractivity contribution < 1.29 is 4.63 Å². The average Bonchev–Trinajstić information content (AvgIpc) is 2.30. The van der Waals surface area contributed by atoms with E-state index in [-0.39, 0.29) is 5.54 Å². The maximum Gasteiger partial charge on any atom is 0.219 e. The molecule has 0 amide bonds. The number of anilines is 2. The lowest BCUT2D eigenvalue weighted by Gasteiger charge is -2.20. The Morgan fingerprint density at radius 1 is 1.31 bits per heavy atom. The smallest absolute Gasteiger partial charge is 0.219 e. The van der Waals surface area contributed by atoms with Crippen molar-refractivity contribution in [3.8, 4) is 0 Å². The molecule has 0 unspecified atom stereocenters. The fourth-order valence-electron chi connectivity index (χ4n) is 1.46. The van der Waals surface area contributed by atoms with E-state index in [1.54, 1.807) is 0 Å². The minimum Gasteiger partial charge on any atom is -0.356 e. The van der Waals surface area contributed by atoms with Crippen molar-refractivity contribution in [2.45, 2.75) is 26.3 Å². The number of rotatable bonds is 0. The van der Waals surface area contributed by atoms with Gasteiger partial charge in [-0.25, -0.2) is 4.63 Å². The first-order valence-corrected chi connectivity index (χ1v) is 4.14. The van der Waals surface area contributed by atoms with E-state index >= 15 is 0 Å². The number of hydrogen-bond acceptors (Lipinski definition) is 5. The summed E-state index contributed by atoms with van der Waals surface area (Å²) in [5.41, 5.74) is 0.896. The fourth-order valence-corrected chi connectivity index (χ4v) is 1.46. The summed E-state index contributed by atoms with van der Waals surface area (Å²) >= 11 is 0. The molecule has 0 saturated carbocycles. The zero-order valence-electron chi connectivity index (χ0n) is 7.88. The van der Waals surface area contributed by atoms with E-state index in [1.165, 1.54) is 0 Å². The second kappa shape index (κ2) is 2.48. The van der Waals surface area contributed by atoms with Crippen LogP contribution < -0.4 is 10.6 Å². The summed E-state index contributed by atoms with van der Waals surface area (Å²) in [5, 5.41) is 13.8. The van der Waals surface area contributed by atoms with Gasteiger partial charge in [0.2, 0.25) is 11.6 Å². The van der Waals surface area contributed by atoms with Crippen LogP contribution in [0.15, 0.2) is 16.4 Å². The molecule has 0 fully saturated rings. The van der Waals surface area contributed by atoms with Crippen molar-refractivity contribution in [2.75, 3.05) is 10.6 Å². The standard InChI is InChI=1S/C8H12N4O/c1-5-4-8(2,3)10-7-6(9-5)11-13-12-7/h4H,1-3H3,(H,9,11)(H,10,12). The lowest BCUT2D eigenvalue weighted by atomic mass is 10.1. The topological polar surface area (TPSA) is 63.0 Å². The van der Waals surface area contributed by atoms with Gasteiger partial charge in [0.1, 0.15) is 0 Å². The normalized spacial score (nSPS) is 19.2. The number of hydrogen-bond donors (Lipinski definition) is 2. The lowest BCUT2D eigenvalue weighted by molar-refractivity contribution is 0.309. The Kier molecular flexibility index (Phi) is 1.55. The maximum absolute atomic E-state index is 4.61. The molecular weight excluding hydrogens is 168 g/mol. The summed E-state index contributed by atoms with van der Waals surface area (Å²) in [6, 6.07) is 0. The molecule has 1 aliphatic rings. The molecule has 0 aliphatic carbocycles. The van der Waals surface area contributed by atoms with Crippen LogP contribution >= 0.6 is 0 Å². The van der Waals surface area contributed by atoms with E-state index in [4.69, 9.17) is 0 Å². The van der Waals surface area contributed by atoms with Gasteiger partial charge in [0, 0.05) is 5.70 Å². The van der Waals surface area contributed by atoms with Gasteiger partial charge in [0.05, 0.1) is 5.54 Å². The van der Waals surface area contributed by atoms with Crippen molar-refractivity contribution in [3.63, 3.8) is 0 Å². The quantitative estimate of drug-likeness (QED) is 0.634. The summed E-state index contributed by atoms with van der Waals surface area (Å²) in [6.07, 6.45) is 2.08. The molecule has 0 saturated heterocycles. The van der Waals surface area contributed by atoms with Crippen LogP contribution in [0, 0.1) is 0 Å². The Morgan fingerprint density at radius 2 is 2.00 bits per heavy atom. The average molecular weight is 180 g/mol. The third-order valence-electron chi connectivity index (χ3n) is 1.82. The van der Waals surface area contributed by atoms with Gasteiger partial charge in [-0.05, 0) is 37.2 Å². The van der Waals surface area contributed by atoms with E-state index in [0.29, 0.717) is 11.6 Å². The fraction of sp³-hybridized carbons (Fsp3) is 0.500. The molecule has 0 radical (unpaired) electrons. The summed E-state index contributed by atoms with van der Waals surface area (Å²) < 4.78 is 4.61. The first-order valence-electron chi connectivity index (χ1n) is 4.14. The van der Waals surface area contributed by atoms with Gasteiger partial charge in [-0.15, -0.1) is 0 Å². The van der Waals surface area contributed by atoms with Gasteiger partial charge in [-0.3, -0.25) is 0 Å². The molecule has 5 nitrogen and oxygen atoms in total. The molecule has 2 rings (SSSR count). The molecule has 2 N–H and O–H groups in total. The van der Waals surface area contributed by atoms with Crippen molar-refractivity contribution in [2.24, 2.45) is 0 Å². The second-order valence-electron chi connectivity index (χ2n) is 3.76. The van der Waals surface area contributed by atoms with E-state index in [0.717, 1.165) is 5.70 Å². The summed E-state index contributed by atoms with van der Waals surface area (Å²) in [4.78, 5) is 0. The van der Waals surface area contributed by atoms with E-state index < -0.39 is 0 Å². The molecule has 0 bridgehead atoms. The van der Waals surface area contributed by atoms with Gasteiger partial charge in [-0.1, -0.05) is 0 Å². The molecular formula is C8H12N4O. The summed E-state index contributed by atoms with van der Waals surface area (Å²) in [7, 11) is 0. The molecule has 1 aliphatic heterocycles. The van der Waals surface area contributed by atoms with Crippen LogP contribution in [-0.2, 0) is 0 Å². The van der Waals surface area contributed by atoms with Crippen molar-refractivity contribution in [3.05, 3.63) is 11.8 Å². The van der Waals surface area contributed by atoms with Crippen LogP contribution in [-0.4, -0.2) is 15.9 Å². The molecule has 13 heavy (non-hydrogen) atoms. The van der Waals surface area contributed by atoms with Crippen LogP contribution in [0.2, 0.25) is 0 Å². The monoisotopic (exact) mass is 180 g/mol.